The second-order valence-electron chi connectivity index (χ2n) is 4.57. The molecule has 0 aliphatic heterocycles. The van der Waals surface area contributed by atoms with E-state index >= 15 is 0 Å². The SMILES string of the molecule is CCCNC(C)c1cnc(CSc2ccc(Cl)cc2)s1. The van der Waals surface area contributed by atoms with Crippen LogP contribution in [0.4, 0.5) is 0 Å². The predicted molar refractivity (Wildman–Crippen MR) is 89.8 cm³/mol. The van der Waals surface area contributed by atoms with Crippen molar-refractivity contribution in [3.8, 4) is 0 Å². The highest BCUT2D eigenvalue weighted by Crippen LogP contribution is 2.28. The van der Waals surface area contributed by atoms with Crippen LogP contribution >= 0.6 is 34.7 Å². The van der Waals surface area contributed by atoms with Crippen molar-refractivity contribution < 1.29 is 0 Å². The van der Waals surface area contributed by atoms with E-state index in [-0.39, 0.29) is 0 Å². The van der Waals surface area contributed by atoms with E-state index in [0.717, 1.165) is 23.7 Å². The number of hydrogen-bond donors (Lipinski definition) is 1. The maximum Gasteiger partial charge on any atom is 0.103 e. The number of rotatable bonds is 7. The summed E-state index contributed by atoms with van der Waals surface area (Å²) in [6.45, 7) is 5.42. The van der Waals surface area contributed by atoms with E-state index < -0.39 is 0 Å². The normalized spacial score (nSPS) is 12.6. The van der Waals surface area contributed by atoms with E-state index in [1.807, 2.05) is 30.5 Å². The summed E-state index contributed by atoms with van der Waals surface area (Å²) in [6, 6.07) is 8.34. The van der Waals surface area contributed by atoms with Crippen LogP contribution in [-0.2, 0) is 5.75 Å². The molecule has 2 rings (SSSR count). The van der Waals surface area contributed by atoms with Gasteiger partial charge in [-0.3, -0.25) is 0 Å². The minimum absolute atomic E-state index is 0.390. The van der Waals surface area contributed by atoms with Gasteiger partial charge in [0.25, 0.3) is 0 Å². The quantitative estimate of drug-likeness (QED) is 0.712. The molecular weight excluding hydrogens is 308 g/mol. The maximum absolute atomic E-state index is 5.88. The molecule has 1 unspecified atom stereocenters. The van der Waals surface area contributed by atoms with Crippen LogP contribution in [0, 0.1) is 0 Å². The van der Waals surface area contributed by atoms with Crippen molar-refractivity contribution >= 4 is 34.7 Å². The lowest BCUT2D eigenvalue weighted by molar-refractivity contribution is 0.577. The van der Waals surface area contributed by atoms with Gasteiger partial charge in [0.05, 0.1) is 5.75 Å². The molecule has 5 heteroatoms. The Bertz CT molecular complexity index is 525. The molecule has 0 aliphatic rings. The van der Waals surface area contributed by atoms with Gasteiger partial charge < -0.3 is 5.32 Å². The molecule has 0 fully saturated rings. The van der Waals surface area contributed by atoms with Crippen molar-refractivity contribution in [1.82, 2.24) is 10.3 Å². The molecule has 0 spiro atoms. The molecule has 2 nitrogen and oxygen atoms in total. The summed E-state index contributed by atoms with van der Waals surface area (Å²) < 4.78 is 0. The average molecular weight is 327 g/mol. The van der Waals surface area contributed by atoms with E-state index in [1.165, 1.54) is 14.8 Å². The Kier molecular flexibility index (Phi) is 6.36. The summed E-state index contributed by atoms with van der Waals surface area (Å²) in [5.41, 5.74) is 0. The number of halogens is 1. The summed E-state index contributed by atoms with van der Waals surface area (Å²) in [6.07, 6.45) is 3.15. The Morgan fingerprint density at radius 2 is 2.10 bits per heavy atom. The van der Waals surface area contributed by atoms with Gasteiger partial charge in [0.15, 0.2) is 0 Å². The second kappa shape index (κ2) is 8.03. The number of thiazole rings is 1. The topological polar surface area (TPSA) is 24.9 Å². The molecule has 0 aliphatic carbocycles. The van der Waals surface area contributed by atoms with E-state index in [1.54, 1.807) is 23.1 Å². The summed E-state index contributed by atoms with van der Waals surface area (Å²) in [7, 11) is 0. The van der Waals surface area contributed by atoms with Gasteiger partial charge >= 0.3 is 0 Å². The molecule has 20 heavy (non-hydrogen) atoms. The van der Waals surface area contributed by atoms with Crippen LogP contribution in [0.15, 0.2) is 35.4 Å². The second-order valence-corrected chi connectivity index (χ2v) is 7.21. The van der Waals surface area contributed by atoms with Crippen molar-refractivity contribution in [2.24, 2.45) is 0 Å². The zero-order valence-electron chi connectivity index (χ0n) is 11.7. The smallest absolute Gasteiger partial charge is 0.103 e. The predicted octanol–water partition coefficient (Wildman–Crippen LogP) is 5.15. The average Bonchev–Trinajstić information content (AvgIpc) is 2.93. The largest absolute Gasteiger partial charge is 0.309 e. The first-order valence-corrected chi connectivity index (χ1v) is 8.93. The van der Waals surface area contributed by atoms with Gasteiger partial charge in [-0.2, -0.15) is 0 Å². The lowest BCUT2D eigenvalue weighted by atomic mass is 10.3. The maximum atomic E-state index is 5.88. The molecule has 0 amide bonds. The Labute approximate surface area is 134 Å². The van der Waals surface area contributed by atoms with Crippen LogP contribution in [0.3, 0.4) is 0 Å². The molecule has 1 aromatic heterocycles. The Hall–Kier alpha value is -0.550. The van der Waals surface area contributed by atoms with Crippen molar-refractivity contribution in [3.63, 3.8) is 0 Å². The molecule has 1 aromatic carbocycles. The third-order valence-electron chi connectivity index (χ3n) is 2.87. The zero-order chi connectivity index (χ0) is 14.4. The Balaban J connectivity index is 1.87. The van der Waals surface area contributed by atoms with Gasteiger partial charge in [0.1, 0.15) is 5.01 Å². The standard InChI is InChI=1S/C15H19ClN2S2/c1-3-8-17-11(2)14-9-18-15(20-14)10-19-13-6-4-12(16)5-7-13/h4-7,9,11,17H,3,8,10H2,1-2H3. The zero-order valence-corrected chi connectivity index (χ0v) is 14.1. The third-order valence-corrected chi connectivity index (χ3v) is 5.51. The van der Waals surface area contributed by atoms with Gasteiger partial charge in [-0.1, -0.05) is 18.5 Å². The highest BCUT2D eigenvalue weighted by atomic mass is 35.5. The molecule has 1 N–H and O–H groups in total. The summed E-state index contributed by atoms with van der Waals surface area (Å²) in [5, 5.41) is 5.44. The number of aromatic nitrogens is 1. The molecule has 1 atom stereocenters. The van der Waals surface area contributed by atoms with Gasteiger partial charge in [0.2, 0.25) is 0 Å². The lowest BCUT2D eigenvalue weighted by Crippen LogP contribution is -2.18. The lowest BCUT2D eigenvalue weighted by Gasteiger charge is -2.09. The van der Waals surface area contributed by atoms with Gasteiger partial charge in [-0.05, 0) is 44.2 Å². The third kappa shape index (κ3) is 4.77. The monoisotopic (exact) mass is 326 g/mol. The van der Waals surface area contributed by atoms with E-state index in [0.29, 0.717) is 6.04 Å². The van der Waals surface area contributed by atoms with Crippen LogP contribution in [0.2, 0.25) is 5.02 Å². The van der Waals surface area contributed by atoms with Crippen LogP contribution < -0.4 is 5.32 Å². The van der Waals surface area contributed by atoms with E-state index in [4.69, 9.17) is 11.6 Å². The summed E-state index contributed by atoms with van der Waals surface area (Å²) in [4.78, 5) is 7.05. The van der Waals surface area contributed by atoms with Gasteiger partial charge in [-0.25, -0.2) is 4.98 Å². The number of thioether (sulfide) groups is 1. The van der Waals surface area contributed by atoms with Crippen molar-refractivity contribution in [2.75, 3.05) is 6.54 Å². The first kappa shape index (κ1) is 15.8. The highest BCUT2D eigenvalue weighted by Gasteiger charge is 2.09. The first-order chi connectivity index (χ1) is 9.69. The molecular formula is C15H19ClN2S2. The van der Waals surface area contributed by atoms with Crippen molar-refractivity contribution in [2.45, 2.75) is 37.0 Å². The highest BCUT2D eigenvalue weighted by molar-refractivity contribution is 7.98. The molecule has 0 radical (unpaired) electrons. The fourth-order valence-electron chi connectivity index (χ4n) is 1.73. The molecule has 0 saturated carbocycles. The minimum atomic E-state index is 0.390. The fraction of sp³-hybridized carbons (Fsp3) is 0.400. The summed E-state index contributed by atoms with van der Waals surface area (Å²) in [5.74, 6) is 0.910. The first-order valence-electron chi connectivity index (χ1n) is 6.75. The number of nitrogens with zero attached hydrogens (tertiary/aromatic N) is 1. The van der Waals surface area contributed by atoms with E-state index in [2.05, 4.69) is 24.1 Å². The van der Waals surface area contributed by atoms with Crippen molar-refractivity contribution in [1.29, 1.82) is 0 Å². The van der Waals surface area contributed by atoms with Gasteiger partial charge in [-0.15, -0.1) is 23.1 Å². The van der Waals surface area contributed by atoms with Crippen LogP contribution in [0.5, 0.6) is 0 Å². The molecule has 1 heterocycles. The van der Waals surface area contributed by atoms with Crippen molar-refractivity contribution in [3.05, 3.63) is 45.4 Å². The molecule has 2 aromatic rings. The van der Waals surface area contributed by atoms with E-state index in [9.17, 15) is 0 Å². The fourth-order valence-corrected chi connectivity index (χ4v) is 3.70. The molecule has 0 saturated heterocycles. The number of benzene rings is 1. The van der Waals surface area contributed by atoms with Crippen LogP contribution in [0.25, 0.3) is 0 Å². The van der Waals surface area contributed by atoms with Crippen LogP contribution in [0.1, 0.15) is 36.2 Å². The number of nitrogens with one attached hydrogen (secondary N) is 1. The minimum Gasteiger partial charge on any atom is -0.309 e. The van der Waals surface area contributed by atoms with Crippen LogP contribution in [-0.4, -0.2) is 11.5 Å². The molecule has 0 bridgehead atoms. The van der Waals surface area contributed by atoms with Gasteiger partial charge in [0, 0.05) is 27.0 Å². The Morgan fingerprint density at radius 1 is 1.35 bits per heavy atom. The Morgan fingerprint density at radius 3 is 2.80 bits per heavy atom. The molecule has 108 valence electrons. The summed E-state index contributed by atoms with van der Waals surface area (Å²) >= 11 is 9.47. The number of hydrogen-bond acceptors (Lipinski definition) is 4.